The maximum atomic E-state index is 11.6. The molecule has 0 aromatic carbocycles. The van der Waals surface area contributed by atoms with Gasteiger partial charge in [-0.2, -0.15) is 0 Å². The molecule has 0 radical (unpaired) electrons. The highest BCUT2D eigenvalue weighted by Gasteiger charge is 2.16. The number of Topliss-reactive ketones (excluding diaryl/α,β-unsaturated/α-hetero) is 1. The van der Waals surface area contributed by atoms with Crippen LogP contribution >= 0.6 is 27.3 Å². The lowest BCUT2D eigenvalue weighted by atomic mass is 9.89. The third kappa shape index (κ3) is 4.38. The molecule has 1 aromatic rings. The van der Waals surface area contributed by atoms with Crippen LogP contribution in [-0.2, 0) is 11.2 Å². The van der Waals surface area contributed by atoms with E-state index in [0.717, 1.165) is 8.66 Å². The maximum Gasteiger partial charge on any atom is 0.138 e. The second kappa shape index (κ2) is 4.58. The molecular weight excluding hydrogens is 260 g/mol. The first-order chi connectivity index (χ1) is 6.37. The van der Waals surface area contributed by atoms with E-state index in [0.29, 0.717) is 18.6 Å². The first-order valence-corrected chi connectivity index (χ1v) is 6.24. The molecule has 3 heteroatoms. The average Bonchev–Trinajstić information content (AvgIpc) is 2.30. The fourth-order valence-electron chi connectivity index (χ4n) is 1.30. The van der Waals surface area contributed by atoms with Gasteiger partial charge in [0.2, 0.25) is 0 Å². The highest BCUT2D eigenvalue weighted by atomic mass is 79.9. The maximum absolute atomic E-state index is 11.6. The largest absolute Gasteiger partial charge is 0.299 e. The lowest BCUT2D eigenvalue weighted by Gasteiger charge is -2.16. The monoisotopic (exact) mass is 274 g/mol. The van der Waals surface area contributed by atoms with Crippen molar-refractivity contribution in [1.29, 1.82) is 0 Å². The zero-order chi connectivity index (χ0) is 10.8. The van der Waals surface area contributed by atoms with Crippen molar-refractivity contribution in [3.63, 3.8) is 0 Å². The molecule has 0 spiro atoms. The molecule has 1 rings (SSSR count). The minimum absolute atomic E-state index is 0.103. The van der Waals surface area contributed by atoms with Crippen molar-refractivity contribution in [3.05, 3.63) is 20.8 Å². The molecule has 1 heterocycles. The van der Waals surface area contributed by atoms with Crippen LogP contribution in [0.4, 0.5) is 0 Å². The van der Waals surface area contributed by atoms with Crippen LogP contribution in [0.5, 0.6) is 0 Å². The van der Waals surface area contributed by atoms with Gasteiger partial charge in [0.05, 0.1) is 3.79 Å². The van der Waals surface area contributed by atoms with Gasteiger partial charge in [-0.15, -0.1) is 11.3 Å². The smallest absolute Gasteiger partial charge is 0.138 e. The number of hydrogen-bond acceptors (Lipinski definition) is 2. The Labute approximate surface area is 97.7 Å². The van der Waals surface area contributed by atoms with Crippen LogP contribution in [-0.4, -0.2) is 5.78 Å². The lowest BCUT2D eigenvalue weighted by molar-refractivity contribution is -0.120. The van der Waals surface area contributed by atoms with Crippen LogP contribution in [0.25, 0.3) is 0 Å². The van der Waals surface area contributed by atoms with Crippen molar-refractivity contribution in [3.8, 4) is 0 Å². The van der Waals surface area contributed by atoms with E-state index in [-0.39, 0.29) is 5.41 Å². The summed E-state index contributed by atoms with van der Waals surface area (Å²) in [6, 6.07) is 4.00. The Morgan fingerprint density at radius 3 is 2.50 bits per heavy atom. The lowest BCUT2D eigenvalue weighted by Crippen LogP contribution is -2.14. The van der Waals surface area contributed by atoms with E-state index in [1.54, 1.807) is 11.3 Å². The van der Waals surface area contributed by atoms with E-state index in [2.05, 4.69) is 36.7 Å². The molecule has 0 aliphatic rings. The van der Waals surface area contributed by atoms with Gasteiger partial charge in [0, 0.05) is 17.7 Å². The van der Waals surface area contributed by atoms with E-state index in [1.807, 2.05) is 12.1 Å². The number of thiophene rings is 1. The number of rotatable bonds is 3. The van der Waals surface area contributed by atoms with Gasteiger partial charge in [-0.1, -0.05) is 20.8 Å². The van der Waals surface area contributed by atoms with Crippen molar-refractivity contribution in [1.82, 2.24) is 0 Å². The molecule has 78 valence electrons. The molecule has 0 saturated heterocycles. The van der Waals surface area contributed by atoms with Crippen LogP contribution in [0.15, 0.2) is 15.9 Å². The Bertz CT molecular complexity index is 322. The molecule has 1 nitrogen and oxygen atoms in total. The zero-order valence-electron chi connectivity index (χ0n) is 8.76. The first kappa shape index (κ1) is 11.9. The normalized spacial score (nSPS) is 11.7. The molecule has 0 bridgehead atoms. The number of carbonyl (C=O) groups is 1. The van der Waals surface area contributed by atoms with E-state index < -0.39 is 0 Å². The third-order valence-electron chi connectivity index (χ3n) is 1.73. The van der Waals surface area contributed by atoms with Gasteiger partial charge in [-0.3, -0.25) is 4.79 Å². The molecule has 0 N–H and O–H groups in total. The zero-order valence-corrected chi connectivity index (χ0v) is 11.2. The van der Waals surface area contributed by atoms with E-state index in [1.165, 1.54) is 0 Å². The van der Waals surface area contributed by atoms with Crippen molar-refractivity contribution in [2.24, 2.45) is 5.41 Å². The summed E-state index contributed by atoms with van der Waals surface area (Å²) >= 11 is 5.03. The van der Waals surface area contributed by atoms with Crippen LogP contribution in [0.1, 0.15) is 32.1 Å². The first-order valence-electron chi connectivity index (χ1n) is 4.63. The van der Waals surface area contributed by atoms with Crippen LogP contribution in [0.2, 0.25) is 0 Å². The Balaban J connectivity index is 2.50. The molecule has 0 fully saturated rings. The van der Waals surface area contributed by atoms with Crippen molar-refractivity contribution >= 4 is 33.0 Å². The summed E-state index contributed by atoms with van der Waals surface area (Å²) in [5, 5.41) is 0. The summed E-state index contributed by atoms with van der Waals surface area (Å²) in [5.74, 6) is 0.326. The van der Waals surface area contributed by atoms with Gasteiger partial charge >= 0.3 is 0 Å². The number of carbonyl (C=O) groups excluding carboxylic acids is 1. The summed E-state index contributed by atoms with van der Waals surface area (Å²) in [6.45, 7) is 6.28. The summed E-state index contributed by atoms with van der Waals surface area (Å²) in [6.07, 6.45) is 1.23. The number of ketones is 1. The van der Waals surface area contributed by atoms with Gasteiger partial charge in [0.15, 0.2) is 0 Å². The predicted octanol–water partition coefficient (Wildman–Crippen LogP) is 4.06. The highest BCUT2D eigenvalue weighted by molar-refractivity contribution is 9.11. The Morgan fingerprint density at radius 2 is 2.07 bits per heavy atom. The average molecular weight is 275 g/mol. The van der Waals surface area contributed by atoms with E-state index >= 15 is 0 Å². The van der Waals surface area contributed by atoms with Gasteiger partial charge in [0.25, 0.3) is 0 Å². The number of hydrogen-bond donors (Lipinski definition) is 0. The fourth-order valence-corrected chi connectivity index (χ4v) is 2.81. The Morgan fingerprint density at radius 1 is 1.43 bits per heavy atom. The summed E-state index contributed by atoms with van der Waals surface area (Å²) in [5.41, 5.74) is 0.103. The van der Waals surface area contributed by atoms with Gasteiger partial charge in [-0.05, 0) is 33.5 Å². The van der Waals surface area contributed by atoms with Gasteiger partial charge in [-0.25, -0.2) is 0 Å². The van der Waals surface area contributed by atoms with Crippen LogP contribution in [0.3, 0.4) is 0 Å². The molecule has 1 aromatic heterocycles. The predicted molar refractivity (Wildman–Crippen MR) is 64.8 cm³/mol. The highest BCUT2D eigenvalue weighted by Crippen LogP contribution is 2.25. The van der Waals surface area contributed by atoms with E-state index in [9.17, 15) is 4.79 Å². The minimum Gasteiger partial charge on any atom is -0.299 e. The summed E-state index contributed by atoms with van der Waals surface area (Å²) in [4.78, 5) is 12.8. The molecular formula is C11H15BrOS. The van der Waals surface area contributed by atoms with Gasteiger partial charge in [0.1, 0.15) is 5.78 Å². The molecule has 0 amide bonds. The Kier molecular flexibility index (Phi) is 3.90. The van der Waals surface area contributed by atoms with Crippen molar-refractivity contribution in [2.75, 3.05) is 0 Å². The van der Waals surface area contributed by atoms with Crippen molar-refractivity contribution in [2.45, 2.75) is 33.6 Å². The SMILES string of the molecule is CC(C)(C)CC(=O)Cc1ccc(Br)s1. The Hall–Kier alpha value is -0.150. The van der Waals surface area contributed by atoms with Crippen LogP contribution < -0.4 is 0 Å². The quantitative estimate of drug-likeness (QED) is 0.813. The second-order valence-electron chi connectivity index (χ2n) is 4.66. The standard InChI is InChI=1S/C11H15BrOS/c1-11(2,3)7-8(13)6-9-4-5-10(12)14-9/h4-5H,6-7H2,1-3H3. The fraction of sp³-hybridized carbons (Fsp3) is 0.545. The van der Waals surface area contributed by atoms with Crippen molar-refractivity contribution < 1.29 is 4.79 Å². The molecule has 0 atom stereocenters. The van der Waals surface area contributed by atoms with Gasteiger partial charge < -0.3 is 0 Å². The third-order valence-corrected chi connectivity index (χ3v) is 3.35. The molecule has 14 heavy (non-hydrogen) atoms. The molecule has 0 aliphatic carbocycles. The second-order valence-corrected chi connectivity index (χ2v) is 7.21. The summed E-state index contributed by atoms with van der Waals surface area (Å²) < 4.78 is 1.09. The molecule has 0 aliphatic heterocycles. The molecule has 0 unspecified atom stereocenters. The summed E-state index contributed by atoms with van der Waals surface area (Å²) in [7, 11) is 0. The topological polar surface area (TPSA) is 17.1 Å². The van der Waals surface area contributed by atoms with Crippen LogP contribution in [0, 0.1) is 5.41 Å². The van der Waals surface area contributed by atoms with E-state index in [4.69, 9.17) is 0 Å². The minimum atomic E-state index is 0.103. The molecule has 0 saturated carbocycles. The number of halogens is 1.